The number of alkyl halides is 1. The number of rotatable bonds is 3. The summed E-state index contributed by atoms with van der Waals surface area (Å²) in [7, 11) is 0. The minimum Gasteiger partial charge on any atom is -0.377 e. The van der Waals surface area contributed by atoms with Crippen molar-refractivity contribution in [2.24, 2.45) is 0 Å². The van der Waals surface area contributed by atoms with Gasteiger partial charge in [-0.15, -0.1) is 0 Å². The van der Waals surface area contributed by atoms with E-state index in [1.54, 1.807) is 12.1 Å². The van der Waals surface area contributed by atoms with Gasteiger partial charge in [-0.1, -0.05) is 34.7 Å². The number of nitro groups is 1. The third kappa shape index (κ3) is 2.52. The Balaban J connectivity index is 2.08. The maximum absolute atomic E-state index is 10.5. The molecule has 0 N–H and O–H groups in total. The van der Waals surface area contributed by atoms with Gasteiger partial charge in [0.2, 0.25) is 0 Å². The molecule has 2 atom stereocenters. The molecule has 1 aliphatic heterocycles. The Kier molecular flexibility index (Phi) is 3.75. The van der Waals surface area contributed by atoms with Crippen LogP contribution in [0.5, 0.6) is 0 Å². The molecule has 0 aliphatic carbocycles. The fourth-order valence-electron chi connectivity index (χ4n) is 1.91. The molecule has 1 fully saturated rings. The highest BCUT2D eigenvalue weighted by atomic mass is 127. The van der Waals surface area contributed by atoms with E-state index in [2.05, 4.69) is 22.6 Å². The summed E-state index contributed by atoms with van der Waals surface area (Å²) in [6.45, 7) is 0.728. The summed E-state index contributed by atoms with van der Waals surface area (Å²) in [5.41, 5.74) is 1.28. The standard InChI is InChI=1S/C11H12INO3/c12-6-11-5-9(7-16-11)8-1-3-10(4-2-8)13(14)15/h1-4,9,11H,5-7H2/t9-,11+/m0/s1. The molecule has 1 aliphatic rings. The van der Waals surface area contributed by atoms with Crippen LogP contribution in [0.1, 0.15) is 17.9 Å². The van der Waals surface area contributed by atoms with Crippen molar-refractivity contribution in [1.29, 1.82) is 0 Å². The van der Waals surface area contributed by atoms with E-state index in [0.717, 1.165) is 23.0 Å². The van der Waals surface area contributed by atoms with E-state index in [4.69, 9.17) is 4.74 Å². The van der Waals surface area contributed by atoms with Crippen molar-refractivity contribution in [3.8, 4) is 0 Å². The largest absolute Gasteiger partial charge is 0.377 e. The Bertz CT molecular complexity index is 379. The summed E-state index contributed by atoms with van der Waals surface area (Å²) in [5, 5.41) is 10.5. The van der Waals surface area contributed by atoms with Crippen LogP contribution < -0.4 is 0 Å². The monoisotopic (exact) mass is 333 g/mol. The predicted octanol–water partition coefficient (Wildman–Crippen LogP) is 2.90. The number of nitro benzene ring substituents is 1. The van der Waals surface area contributed by atoms with Crippen LogP contribution in [0.3, 0.4) is 0 Å². The van der Waals surface area contributed by atoms with E-state index in [0.29, 0.717) is 12.0 Å². The van der Waals surface area contributed by atoms with Gasteiger partial charge < -0.3 is 4.74 Å². The van der Waals surface area contributed by atoms with Gasteiger partial charge in [-0.25, -0.2) is 0 Å². The number of hydrogen-bond acceptors (Lipinski definition) is 3. The van der Waals surface area contributed by atoms with E-state index in [-0.39, 0.29) is 10.6 Å². The number of nitrogens with zero attached hydrogens (tertiary/aromatic N) is 1. The predicted molar refractivity (Wildman–Crippen MR) is 69.1 cm³/mol. The highest BCUT2D eigenvalue weighted by molar-refractivity contribution is 14.1. The Labute approximate surface area is 107 Å². The number of hydrogen-bond donors (Lipinski definition) is 0. The molecule has 86 valence electrons. The van der Waals surface area contributed by atoms with Gasteiger partial charge >= 0.3 is 0 Å². The van der Waals surface area contributed by atoms with E-state index in [1.165, 1.54) is 0 Å². The Hall–Kier alpha value is -0.690. The molecule has 0 bridgehead atoms. The normalized spacial score (nSPS) is 24.6. The van der Waals surface area contributed by atoms with Crippen molar-refractivity contribution in [1.82, 2.24) is 0 Å². The molecule has 1 aromatic rings. The molecule has 0 unspecified atom stereocenters. The molecule has 1 saturated heterocycles. The molecule has 0 aromatic heterocycles. The number of non-ortho nitro benzene ring substituents is 1. The van der Waals surface area contributed by atoms with Gasteiger partial charge in [-0.3, -0.25) is 10.1 Å². The molecule has 4 nitrogen and oxygen atoms in total. The first kappa shape index (κ1) is 11.8. The van der Waals surface area contributed by atoms with Crippen molar-refractivity contribution in [2.45, 2.75) is 18.4 Å². The third-order valence-corrected chi connectivity index (χ3v) is 3.81. The minimum absolute atomic E-state index is 0.146. The fraction of sp³-hybridized carbons (Fsp3) is 0.455. The van der Waals surface area contributed by atoms with Crippen LogP contribution in [-0.4, -0.2) is 22.1 Å². The van der Waals surface area contributed by atoms with Crippen LogP contribution in [0.4, 0.5) is 5.69 Å². The second-order valence-corrected chi connectivity index (χ2v) is 4.77. The molecule has 0 saturated carbocycles. The maximum Gasteiger partial charge on any atom is 0.269 e. The van der Waals surface area contributed by atoms with E-state index >= 15 is 0 Å². The lowest BCUT2D eigenvalue weighted by atomic mass is 9.96. The Morgan fingerprint density at radius 3 is 2.62 bits per heavy atom. The average molecular weight is 333 g/mol. The molecule has 0 spiro atoms. The summed E-state index contributed by atoms with van der Waals surface area (Å²) in [6, 6.07) is 6.79. The summed E-state index contributed by atoms with van der Waals surface area (Å²) < 4.78 is 6.61. The number of halogens is 1. The van der Waals surface area contributed by atoms with E-state index in [1.807, 2.05) is 12.1 Å². The first-order valence-corrected chi connectivity index (χ1v) is 6.65. The third-order valence-electron chi connectivity index (χ3n) is 2.83. The van der Waals surface area contributed by atoms with Gasteiger partial charge in [-0.2, -0.15) is 0 Å². The lowest BCUT2D eigenvalue weighted by molar-refractivity contribution is -0.384. The van der Waals surface area contributed by atoms with Crippen LogP contribution in [0.15, 0.2) is 24.3 Å². The van der Waals surface area contributed by atoms with Crippen molar-refractivity contribution < 1.29 is 9.66 Å². The van der Waals surface area contributed by atoms with Crippen molar-refractivity contribution in [2.75, 3.05) is 11.0 Å². The smallest absolute Gasteiger partial charge is 0.269 e. The summed E-state index contributed by atoms with van der Waals surface area (Å²) in [6.07, 6.45) is 1.35. The molecule has 0 radical (unpaired) electrons. The first-order chi connectivity index (χ1) is 7.70. The zero-order valence-electron chi connectivity index (χ0n) is 8.64. The van der Waals surface area contributed by atoms with Crippen LogP contribution >= 0.6 is 22.6 Å². The van der Waals surface area contributed by atoms with Gasteiger partial charge in [0.15, 0.2) is 0 Å². The Morgan fingerprint density at radius 1 is 1.44 bits per heavy atom. The molecule has 1 aromatic carbocycles. The second kappa shape index (κ2) is 5.09. The van der Waals surface area contributed by atoms with Crippen LogP contribution in [0.25, 0.3) is 0 Å². The quantitative estimate of drug-likeness (QED) is 0.370. The highest BCUT2D eigenvalue weighted by Crippen LogP contribution is 2.30. The van der Waals surface area contributed by atoms with Crippen LogP contribution in [0.2, 0.25) is 0 Å². The second-order valence-electron chi connectivity index (χ2n) is 3.89. The molecule has 16 heavy (non-hydrogen) atoms. The summed E-state index contributed by atoms with van der Waals surface area (Å²) in [4.78, 5) is 10.1. The number of benzene rings is 1. The van der Waals surface area contributed by atoms with E-state index in [9.17, 15) is 10.1 Å². The van der Waals surface area contributed by atoms with Gasteiger partial charge in [0.1, 0.15) is 0 Å². The summed E-state index contributed by atoms with van der Waals surface area (Å²) >= 11 is 2.32. The molecule has 0 amide bonds. The van der Waals surface area contributed by atoms with Crippen molar-refractivity contribution >= 4 is 28.3 Å². The minimum atomic E-state index is -0.372. The van der Waals surface area contributed by atoms with Crippen LogP contribution in [-0.2, 0) is 4.74 Å². The topological polar surface area (TPSA) is 52.4 Å². The molecule has 2 rings (SSSR count). The summed E-state index contributed by atoms with van der Waals surface area (Å²) in [5.74, 6) is 0.389. The zero-order valence-corrected chi connectivity index (χ0v) is 10.8. The highest BCUT2D eigenvalue weighted by Gasteiger charge is 2.25. The van der Waals surface area contributed by atoms with Crippen molar-refractivity contribution in [3.05, 3.63) is 39.9 Å². The van der Waals surface area contributed by atoms with Gasteiger partial charge in [-0.05, 0) is 12.0 Å². The molecule has 5 heteroatoms. The van der Waals surface area contributed by atoms with Crippen LogP contribution in [0, 0.1) is 10.1 Å². The Morgan fingerprint density at radius 2 is 2.12 bits per heavy atom. The maximum atomic E-state index is 10.5. The van der Waals surface area contributed by atoms with Gasteiger partial charge in [0.25, 0.3) is 5.69 Å². The molecular weight excluding hydrogens is 321 g/mol. The average Bonchev–Trinajstić information content (AvgIpc) is 2.77. The lowest BCUT2D eigenvalue weighted by Gasteiger charge is -2.07. The SMILES string of the molecule is O=[N+]([O-])c1ccc([C@@H]2CO[C@@H](CI)C2)cc1. The lowest BCUT2D eigenvalue weighted by Crippen LogP contribution is -2.05. The zero-order chi connectivity index (χ0) is 11.5. The van der Waals surface area contributed by atoms with Gasteiger partial charge in [0.05, 0.1) is 17.6 Å². The van der Waals surface area contributed by atoms with Crippen molar-refractivity contribution in [3.63, 3.8) is 0 Å². The fourth-order valence-corrected chi connectivity index (χ4v) is 2.53. The van der Waals surface area contributed by atoms with Gasteiger partial charge in [0, 0.05) is 22.5 Å². The number of ether oxygens (including phenoxy) is 1. The first-order valence-electron chi connectivity index (χ1n) is 5.12. The van der Waals surface area contributed by atoms with E-state index < -0.39 is 0 Å². The molecule has 1 heterocycles. The molecular formula is C11H12INO3.